The Balaban J connectivity index is 2.03. The van der Waals surface area contributed by atoms with Gasteiger partial charge in [-0.05, 0) is 119 Å². The predicted molar refractivity (Wildman–Crippen MR) is 139 cm³/mol. The molecule has 2 rings (SSSR count). The maximum absolute atomic E-state index is 5.84. The van der Waals surface area contributed by atoms with E-state index in [2.05, 4.69) is 88.0 Å². The Hall–Kier alpha value is -0.960. The van der Waals surface area contributed by atoms with Crippen LogP contribution in [0.2, 0.25) is 0 Å². The Bertz CT molecular complexity index is 793. The van der Waals surface area contributed by atoms with Crippen molar-refractivity contribution in [3.63, 3.8) is 0 Å². The summed E-state index contributed by atoms with van der Waals surface area (Å²) in [5.74, 6) is 1.53. The van der Waals surface area contributed by atoms with E-state index in [4.69, 9.17) is 18.9 Å². The lowest BCUT2D eigenvalue weighted by atomic mass is 10.0. The van der Waals surface area contributed by atoms with Gasteiger partial charge in [0.05, 0.1) is 30.4 Å². The van der Waals surface area contributed by atoms with Crippen molar-refractivity contribution in [2.75, 3.05) is 26.4 Å². The SMILES string of the molecule is CC=COCCOc1c(Br)cc(Cc2cc(Br)c(OCCOC=CC)c(Br)c2)cc1Br. The van der Waals surface area contributed by atoms with Crippen LogP contribution in [0.25, 0.3) is 0 Å². The highest BCUT2D eigenvalue weighted by atomic mass is 79.9. The number of benzene rings is 2. The first-order chi connectivity index (χ1) is 15.0. The summed E-state index contributed by atoms with van der Waals surface area (Å²) in [5.41, 5.74) is 2.28. The summed E-state index contributed by atoms with van der Waals surface area (Å²) in [4.78, 5) is 0. The van der Waals surface area contributed by atoms with Gasteiger partial charge in [-0.2, -0.15) is 0 Å². The topological polar surface area (TPSA) is 36.9 Å². The number of allylic oxidation sites excluding steroid dienone is 2. The molecule has 0 aliphatic carbocycles. The van der Waals surface area contributed by atoms with Gasteiger partial charge in [-0.25, -0.2) is 0 Å². The third-order valence-corrected chi connectivity index (χ3v) is 6.24. The molecule has 2 aromatic rings. The molecule has 0 N–H and O–H groups in total. The highest BCUT2D eigenvalue weighted by Crippen LogP contribution is 2.38. The van der Waals surface area contributed by atoms with Crippen molar-refractivity contribution in [2.24, 2.45) is 0 Å². The summed E-state index contributed by atoms with van der Waals surface area (Å²) in [6.07, 6.45) is 7.75. The number of ether oxygens (including phenoxy) is 4. The van der Waals surface area contributed by atoms with Gasteiger partial charge in [-0.3, -0.25) is 0 Å². The van der Waals surface area contributed by atoms with Crippen LogP contribution in [0.4, 0.5) is 0 Å². The Morgan fingerprint density at radius 3 is 1.29 bits per heavy atom. The molecule has 0 heterocycles. The lowest BCUT2D eigenvalue weighted by molar-refractivity contribution is 0.177. The molecule has 0 aliphatic heterocycles. The maximum atomic E-state index is 5.84. The fourth-order valence-corrected chi connectivity index (χ4v) is 5.67. The lowest BCUT2D eigenvalue weighted by Gasteiger charge is -2.14. The van der Waals surface area contributed by atoms with Crippen molar-refractivity contribution >= 4 is 63.7 Å². The Morgan fingerprint density at radius 2 is 0.968 bits per heavy atom. The molecule has 0 unspecified atom stereocenters. The predicted octanol–water partition coefficient (Wildman–Crippen LogP) is 8.19. The van der Waals surface area contributed by atoms with Crippen molar-refractivity contribution in [3.8, 4) is 11.5 Å². The van der Waals surface area contributed by atoms with Crippen LogP contribution >= 0.6 is 63.7 Å². The third kappa shape index (κ3) is 8.83. The minimum absolute atomic E-state index is 0.460. The number of halogens is 4. The molecular weight excluding hydrogens is 660 g/mol. The fraction of sp³-hybridized carbons (Fsp3) is 0.304. The average molecular weight is 684 g/mol. The number of rotatable bonds is 12. The van der Waals surface area contributed by atoms with Gasteiger partial charge in [0.15, 0.2) is 0 Å². The molecule has 0 saturated carbocycles. The molecule has 0 radical (unpaired) electrons. The van der Waals surface area contributed by atoms with Crippen LogP contribution in [0, 0.1) is 0 Å². The summed E-state index contributed by atoms with van der Waals surface area (Å²) < 4.78 is 25.8. The molecule has 168 valence electrons. The van der Waals surface area contributed by atoms with Crippen molar-refractivity contribution in [1.29, 1.82) is 0 Å². The van der Waals surface area contributed by atoms with E-state index < -0.39 is 0 Å². The molecule has 0 aromatic heterocycles. The monoisotopic (exact) mass is 680 g/mol. The lowest BCUT2D eigenvalue weighted by Crippen LogP contribution is -2.05. The van der Waals surface area contributed by atoms with Gasteiger partial charge in [0, 0.05) is 0 Å². The second-order valence-corrected chi connectivity index (χ2v) is 9.75. The van der Waals surface area contributed by atoms with Crippen LogP contribution in [0.5, 0.6) is 11.5 Å². The fourth-order valence-electron chi connectivity index (χ4n) is 2.65. The first kappa shape index (κ1) is 26.3. The molecule has 0 aliphatic rings. The molecule has 4 nitrogen and oxygen atoms in total. The minimum Gasteiger partial charge on any atom is -0.498 e. The van der Waals surface area contributed by atoms with Gasteiger partial charge in [0.2, 0.25) is 0 Å². The highest BCUT2D eigenvalue weighted by molar-refractivity contribution is 9.11. The molecule has 0 amide bonds. The van der Waals surface area contributed by atoms with E-state index in [1.165, 1.54) is 0 Å². The molecule has 8 heteroatoms. The van der Waals surface area contributed by atoms with Crippen LogP contribution in [0.15, 0.2) is 66.8 Å². The maximum Gasteiger partial charge on any atom is 0.147 e. The zero-order chi connectivity index (χ0) is 22.6. The molecule has 0 bridgehead atoms. The number of hydrogen-bond acceptors (Lipinski definition) is 4. The molecule has 0 spiro atoms. The van der Waals surface area contributed by atoms with E-state index in [0.717, 1.165) is 46.9 Å². The first-order valence-corrected chi connectivity index (χ1v) is 12.8. The van der Waals surface area contributed by atoms with Gasteiger partial charge in [-0.1, -0.05) is 12.2 Å². The summed E-state index contributed by atoms with van der Waals surface area (Å²) in [5, 5.41) is 0. The largest absolute Gasteiger partial charge is 0.498 e. The summed E-state index contributed by atoms with van der Waals surface area (Å²) in [7, 11) is 0. The highest BCUT2D eigenvalue weighted by Gasteiger charge is 2.13. The molecule has 0 atom stereocenters. The third-order valence-electron chi connectivity index (χ3n) is 3.88. The van der Waals surface area contributed by atoms with Crippen molar-refractivity contribution < 1.29 is 18.9 Å². The minimum atomic E-state index is 0.460. The molecule has 0 fully saturated rings. The quantitative estimate of drug-likeness (QED) is 0.167. The standard InChI is InChI=1S/C23H24Br4O4/c1-3-5-28-7-9-30-22-18(24)12-16(13-19(22)25)11-17-14-20(26)23(21(27)15-17)31-10-8-29-6-4-2/h3-6,12-15H,7-11H2,1-2H3. The summed E-state index contributed by atoms with van der Waals surface area (Å²) in [6.45, 7) is 5.72. The van der Waals surface area contributed by atoms with Crippen molar-refractivity contribution in [1.82, 2.24) is 0 Å². The zero-order valence-corrected chi connectivity index (χ0v) is 23.6. The van der Waals surface area contributed by atoms with Crippen LogP contribution < -0.4 is 9.47 Å². The van der Waals surface area contributed by atoms with Crippen LogP contribution in [-0.4, -0.2) is 26.4 Å². The van der Waals surface area contributed by atoms with Crippen molar-refractivity contribution in [2.45, 2.75) is 20.3 Å². The van der Waals surface area contributed by atoms with Gasteiger partial charge < -0.3 is 18.9 Å². The Labute approximate surface area is 217 Å². The van der Waals surface area contributed by atoms with Crippen molar-refractivity contribution in [3.05, 3.63) is 78.0 Å². The van der Waals surface area contributed by atoms with Crippen LogP contribution in [0.1, 0.15) is 25.0 Å². The van der Waals surface area contributed by atoms with Gasteiger partial charge in [0.25, 0.3) is 0 Å². The Morgan fingerprint density at radius 1 is 0.613 bits per heavy atom. The van der Waals surface area contributed by atoms with Crippen LogP contribution in [0.3, 0.4) is 0 Å². The van der Waals surface area contributed by atoms with Gasteiger partial charge in [-0.15, -0.1) is 0 Å². The summed E-state index contributed by atoms with van der Waals surface area (Å²) in [6, 6.07) is 8.27. The molecule has 0 saturated heterocycles. The van der Waals surface area contributed by atoms with E-state index in [9.17, 15) is 0 Å². The summed E-state index contributed by atoms with van der Waals surface area (Å²) >= 11 is 14.5. The zero-order valence-electron chi connectivity index (χ0n) is 17.3. The number of hydrogen-bond donors (Lipinski definition) is 0. The van der Waals surface area contributed by atoms with E-state index in [0.29, 0.717) is 26.4 Å². The molecular formula is C23H24Br4O4. The second kappa shape index (κ2) is 14.2. The first-order valence-electron chi connectivity index (χ1n) is 9.63. The van der Waals surface area contributed by atoms with E-state index >= 15 is 0 Å². The molecule has 31 heavy (non-hydrogen) atoms. The van der Waals surface area contributed by atoms with Gasteiger partial charge in [0.1, 0.15) is 37.9 Å². The smallest absolute Gasteiger partial charge is 0.147 e. The van der Waals surface area contributed by atoms with Crippen LogP contribution in [-0.2, 0) is 15.9 Å². The van der Waals surface area contributed by atoms with Gasteiger partial charge >= 0.3 is 0 Å². The normalized spacial score (nSPS) is 11.3. The van der Waals surface area contributed by atoms with E-state index in [1.54, 1.807) is 12.5 Å². The van der Waals surface area contributed by atoms with E-state index in [-0.39, 0.29) is 0 Å². The van der Waals surface area contributed by atoms with E-state index in [1.807, 2.05) is 26.0 Å². The average Bonchev–Trinajstić information content (AvgIpc) is 2.71. The Kier molecular flexibility index (Phi) is 12.1. The second-order valence-electron chi connectivity index (χ2n) is 6.33. The molecule has 2 aromatic carbocycles.